The van der Waals surface area contributed by atoms with E-state index in [-0.39, 0.29) is 12.5 Å². The Morgan fingerprint density at radius 1 is 1.29 bits per heavy atom. The lowest BCUT2D eigenvalue weighted by Gasteiger charge is -2.26. The van der Waals surface area contributed by atoms with E-state index >= 15 is 0 Å². The second kappa shape index (κ2) is 9.64. The number of aliphatic imine (C=N–C) groups is 1. The number of carbonyl (C=O) groups is 1. The third-order valence-corrected chi connectivity index (χ3v) is 4.11. The number of hydrogen-bond donors (Lipinski definition) is 2. The van der Waals surface area contributed by atoms with Crippen molar-refractivity contribution < 1.29 is 4.79 Å². The minimum Gasteiger partial charge on any atom is -0.357 e. The van der Waals surface area contributed by atoms with Crippen molar-refractivity contribution in [1.82, 2.24) is 15.5 Å². The summed E-state index contributed by atoms with van der Waals surface area (Å²) in [6, 6.07) is 0. The average molecular weight is 296 g/mol. The highest BCUT2D eigenvalue weighted by atomic mass is 16.2. The molecule has 0 saturated heterocycles. The van der Waals surface area contributed by atoms with Crippen LogP contribution in [0.25, 0.3) is 0 Å². The van der Waals surface area contributed by atoms with Gasteiger partial charge < -0.3 is 15.5 Å². The summed E-state index contributed by atoms with van der Waals surface area (Å²) in [5.41, 5.74) is 0. The summed E-state index contributed by atoms with van der Waals surface area (Å²) in [6.07, 6.45) is 6.67. The molecule has 5 nitrogen and oxygen atoms in total. The number of amides is 1. The van der Waals surface area contributed by atoms with Gasteiger partial charge in [0.1, 0.15) is 6.54 Å². The smallest absolute Gasteiger partial charge is 0.243 e. The van der Waals surface area contributed by atoms with E-state index in [2.05, 4.69) is 22.5 Å². The summed E-state index contributed by atoms with van der Waals surface area (Å²) in [5, 5.41) is 6.54. The fraction of sp³-hybridized carbons (Fsp3) is 0.875. The van der Waals surface area contributed by atoms with Crippen LogP contribution in [-0.2, 0) is 4.79 Å². The molecule has 1 saturated carbocycles. The predicted molar refractivity (Wildman–Crippen MR) is 88.4 cm³/mol. The van der Waals surface area contributed by atoms with Crippen LogP contribution in [0.2, 0.25) is 0 Å². The van der Waals surface area contributed by atoms with Gasteiger partial charge >= 0.3 is 0 Å². The molecule has 0 aromatic heterocycles. The summed E-state index contributed by atoms with van der Waals surface area (Å²) in [5.74, 6) is 2.49. The van der Waals surface area contributed by atoms with Crippen LogP contribution in [0.15, 0.2) is 4.99 Å². The fourth-order valence-electron chi connectivity index (χ4n) is 2.85. The van der Waals surface area contributed by atoms with E-state index in [1.54, 1.807) is 19.0 Å². The number of guanidine groups is 1. The van der Waals surface area contributed by atoms with Crippen LogP contribution in [0, 0.1) is 11.8 Å². The van der Waals surface area contributed by atoms with Crippen LogP contribution in [0.3, 0.4) is 0 Å². The number of carbonyl (C=O) groups excluding carboxylic acids is 1. The zero-order valence-corrected chi connectivity index (χ0v) is 14.1. The van der Waals surface area contributed by atoms with Crippen molar-refractivity contribution in [2.45, 2.75) is 46.0 Å². The molecule has 0 radical (unpaired) electrons. The highest BCUT2D eigenvalue weighted by molar-refractivity contribution is 5.84. The van der Waals surface area contributed by atoms with Crippen molar-refractivity contribution in [1.29, 1.82) is 0 Å². The summed E-state index contributed by atoms with van der Waals surface area (Å²) in [6.45, 7) is 6.33. The number of hydrogen-bond acceptors (Lipinski definition) is 2. The molecule has 1 fully saturated rings. The normalized spacial score (nSPS) is 22.8. The Kier molecular flexibility index (Phi) is 8.16. The topological polar surface area (TPSA) is 56.7 Å². The van der Waals surface area contributed by atoms with Gasteiger partial charge in [0.25, 0.3) is 0 Å². The first-order chi connectivity index (χ1) is 10.0. The Bertz CT molecular complexity index is 341. The summed E-state index contributed by atoms with van der Waals surface area (Å²) < 4.78 is 0. The lowest BCUT2D eigenvalue weighted by molar-refractivity contribution is -0.127. The van der Waals surface area contributed by atoms with Gasteiger partial charge in [0.15, 0.2) is 5.96 Å². The van der Waals surface area contributed by atoms with Crippen LogP contribution in [0.4, 0.5) is 0 Å². The maximum atomic E-state index is 11.6. The molecular formula is C16H32N4O. The number of nitrogens with one attached hydrogen (secondary N) is 2. The van der Waals surface area contributed by atoms with Gasteiger partial charge in [-0.15, -0.1) is 0 Å². The fourth-order valence-corrected chi connectivity index (χ4v) is 2.85. The molecule has 1 rings (SSSR count). The maximum Gasteiger partial charge on any atom is 0.243 e. The summed E-state index contributed by atoms with van der Waals surface area (Å²) in [4.78, 5) is 17.5. The van der Waals surface area contributed by atoms with Gasteiger partial charge in [-0.3, -0.25) is 4.79 Å². The molecule has 21 heavy (non-hydrogen) atoms. The van der Waals surface area contributed by atoms with Crippen LogP contribution in [0.5, 0.6) is 0 Å². The van der Waals surface area contributed by atoms with Crippen LogP contribution in [-0.4, -0.2) is 50.5 Å². The lowest BCUT2D eigenvalue weighted by atomic mass is 9.81. The summed E-state index contributed by atoms with van der Waals surface area (Å²) in [7, 11) is 3.50. The van der Waals surface area contributed by atoms with Gasteiger partial charge in [-0.05, 0) is 31.6 Å². The molecule has 0 aliphatic heterocycles. The Labute approximate surface area is 129 Å². The van der Waals surface area contributed by atoms with E-state index in [1.807, 2.05) is 6.92 Å². The molecule has 0 bridgehead atoms. The van der Waals surface area contributed by atoms with Gasteiger partial charge in [0, 0.05) is 27.2 Å². The van der Waals surface area contributed by atoms with E-state index in [9.17, 15) is 4.79 Å². The number of likely N-dealkylation sites (N-methyl/N-ethyl adjacent to an activating group) is 1. The van der Waals surface area contributed by atoms with Crippen molar-refractivity contribution in [2.75, 3.05) is 33.7 Å². The largest absolute Gasteiger partial charge is 0.357 e. The zero-order chi connectivity index (χ0) is 15.7. The monoisotopic (exact) mass is 296 g/mol. The molecule has 1 amide bonds. The first-order valence-electron chi connectivity index (χ1n) is 8.25. The van der Waals surface area contributed by atoms with Gasteiger partial charge in [-0.2, -0.15) is 0 Å². The van der Waals surface area contributed by atoms with E-state index in [4.69, 9.17) is 0 Å². The molecule has 2 N–H and O–H groups in total. The minimum absolute atomic E-state index is 0.0216. The second-order valence-electron chi connectivity index (χ2n) is 6.34. The molecule has 2 unspecified atom stereocenters. The maximum absolute atomic E-state index is 11.6. The molecule has 5 heteroatoms. The molecule has 0 heterocycles. The molecule has 122 valence electrons. The molecule has 1 aliphatic rings. The van der Waals surface area contributed by atoms with E-state index in [0.29, 0.717) is 0 Å². The lowest BCUT2D eigenvalue weighted by Crippen LogP contribution is -2.39. The Morgan fingerprint density at radius 3 is 2.67 bits per heavy atom. The van der Waals surface area contributed by atoms with Crippen molar-refractivity contribution in [3.63, 3.8) is 0 Å². The van der Waals surface area contributed by atoms with Crippen molar-refractivity contribution in [3.05, 3.63) is 0 Å². The first kappa shape index (κ1) is 17.8. The zero-order valence-electron chi connectivity index (χ0n) is 14.1. The number of nitrogens with zero attached hydrogens (tertiary/aromatic N) is 2. The summed E-state index contributed by atoms with van der Waals surface area (Å²) >= 11 is 0. The number of rotatable bonds is 6. The van der Waals surface area contributed by atoms with Gasteiger partial charge in [0.2, 0.25) is 5.91 Å². The van der Waals surface area contributed by atoms with Crippen LogP contribution in [0.1, 0.15) is 46.0 Å². The third-order valence-electron chi connectivity index (χ3n) is 4.11. The van der Waals surface area contributed by atoms with Crippen LogP contribution >= 0.6 is 0 Å². The van der Waals surface area contributed by atoms with Crippen LogP contribution < -0.4 is 10.6 Å². The first-order valence-corrected chi connectivity index (χ1v) is 8.25. The average Bonchev–Trinajstić information content (AvgIpc) is 2.44. The predicted octanol–water partition coefficient (Wildman–Crippen LogP) is 1.85. The Morgan fingerprint density at radius 2 is 2.05 bits per heavy atom. The minimum atomic E-state index is 0.0216. The molecule has 0 aromatic rings. The Balaban J connectivity index is 2.33. The molecular weight excluding hydrogens is 264 g/mol. The second-order valence-corrected chi connectivity index (χ2v) is 6.34. The third kappa shape index (κ3) is 7.34. The SMILES string of the molecule is CCNC(=NCC(=O)N(C)C)NCCC1CCCC(C)C1. The van der Waals surface area contributed by atoms with E-state index < -0.39 is 0 Å². The van der Waals surface area contributed by atoms with Gasteiger partial charge in [-0.1, -0.05) is 26.2 Å². The van der Waals surface area contributed by atoms with Crippen molar-refractivity contribution in [2.24, 2.45) is 16.8 Å². The van der Waals surface area contributed by atoms with E-state index in [1.165, 1.54) is 32.1 Å². The van der Waals surface area contributed by atoms with Gasteiger partial charge in [-0.25, -0.2) is 4.99 Å². The van der Waals surface area contributed by atoms with Crippen molar-refractivity contribution >= 4 is 11.9 Å². The molecule has 0 spiro atoms. The molecule has 1 aliphatic carbocycles. The van der Waals surface area contributed by atoms with Crippen molar-refractivity contribution in [3.8, 4) is 0 Å². The highest BCUT2D eigenvalue weighted by Gasteiger charge is 2.18. The molecule has 2 atom stereocenters. The standard InChI is InChI=1S/C16H32N4O/c1-5-17-16(19-12-15(21)20(3)4)18-10-9-14-8-6-7-13(2)11-14/h13-14H,5-12H2,1-4H3,(H2,17,18,19). The quantitative estimate of drug-likeness (QED) is 0.581. The van der Waals surface area contributed by atoms with E-state index in [0.717, 1.165) is 30.9 Å². The highest BCUT2D eigenvalue weighted by Crippen LogP contribution is 2.30. The molecule has 0 aromatic carbocycles. The van der Waals surface area contributed by atoms with Gasteiger partial charge in [0.05, 0.1) is 0 Å². The Hall–Kier alpha value is -1.26.